The molecule has 1 N–H and O–H groups in total. The van der Waals surface area contributed by atoms with Crippen LogP contribution >= 0.6 is 0 Å². The van der Waals surface area contributed by atoms with Crippen LogP contribution in [0.4, 0.5) is 0 Å². The second-order valence-electron chi connectivity index (χ2n) is 6.19. The summed E-state index contributed by atoms with van der Waals surface area (Å²) in [4.78, 5) is 0. The van der Waals surface area contributed by atoms with Gasteiger partial charge in [0.1, 0.15) is 0 Å². The molecule has 2 rings (SSSR count). The van der Waals surface area contributed by atoms with E-state index in [0.717, 1.165) is 13.2 Å². The summed E-state index contributed by atoms with van der Waals surface area (Å²) >= 11 is 0. The van der Waals surface area contributed by atoms with Gasteiger partial charge in [-0.3, -0.25) is 0 Å². The lowest BCUT2D eigenvalue weighted by atomic mass is 9.70. The maximum atomic E-state index is 5.42. The summed E-state index contributed by atoms with van der Waals surface area (Å²) in [6.07, 6.45) is 6.70. The molecule has 88 valence electrons. The third kappa shape index (κ3) is 2.94. The zero-order valence-electron chi connectivity index (χ0n) is 10.3. The molecule has 0 aromatic rings. The Labute approximate surface area is 93.8 Å². The van der Waals surface area contributed by atoms with Gasteiger partial charge < -0.3 is 10.1 Å². The van der Waals surface area contributed by atoms with Crippen LogP contribution in [0.25, 0.3) is 0 Å². The average Bonchev–Trinajstić information content (AvgIpc) is 2.16. The smallest absolute Gasteiger partial charge is 0.0471 e. The molecular formula is C13H25NO. The van der Waals surface area contributed by atoms with E-state index >= 15 is 0 Å². The molecule has 0 unspecified atom stereocenters. The molecule has 0 bridgehead atoms. The lowest BCUT2D eigenvalue weighted by molar-refractivity contribution is 0.0216. The molecule has 1 aliphatic carbocycles. The van der Waals surface area contributed by atoms with E-state index in [-0.39, 0.29) is 0 Å². The van der Waals surface area contributed by atoms with Crippen molar-refractivity contribution >= 4 is 0 Å². The van der Waals surface area contributed by atoms with Gasteiger partial charge in [-0.2, -0.15) is 0 Å². The quantitative estimate of drug-likeness (QED) is 0.771. The summed E-state index contributed by atoms with van der Waals surface area (Å²) in [7, 11) is 0. The van der Waals surface area contributed by atoms with E-state index < -0.39 is 0 Å². The molecule has 0 spiro atoms. The molecule has 0 atom stereocenters. The summed E-state index contributed by atoms with van der Waals surface area (Å²) in [5.41, 5.74) is 1.10. The minimum atomic E-state index is 0.484. The number of rotatable bonds is 4. The minimum Gasteiger partial charge on any atom is -0.381 e. The fraction of sp³-hybridized carbons (Fsp3) is 1.00. The van der Waals surface area contributed by atoms with Gasteiger partial charge in [0.15, 0.2) is 0 Å². The van der Waals surface area contributed by atoms with Gasteiger partial charge in [-0.15, -0.1) is 0 Å². The first-order valence-electron chi connectivity index (χ1n) is 6.41. The fourth-order valence-electron chi connectivity index (χ4n) is 2.66. The molecule has 1 saturated carbocycles. The predicted molar refractivity (Wildman–Crippen MR) is 63.0 cm³/mol. The fourth-order valence-corrected chi connectivity index (χ4v) is 2.66. The van der Waals surface area contributed by atoms with Crippen molar-refractivity contribution in [1.29, 1.82) is 0 Å². The van der Waals surface area contributed by atoms with Crippen molar-refractivity contribution in [2.24, 2.45) is 10.8 Å². The Hall–Kier alpha value is -0.0800. The first-order chi connectivity index (χ1) is 7.12. The van der Waals surface area contributed by atoms with Gasteiger partial charge in [-0.05, 0) is 36.5 Å². The number of ether oxygens (including phenoxy) is 1. The average molecular weight is 211 g/mol. The van der Waals surface area contributed by atoms with E-state index in [2.05, 4.69) is 19.2 Å². The van der Waals surface area contributed by atoms with Crippen LogP contribution in [0.1, 0.15) is 46.0 Å². The Morgan fingerprint density at radius 3 is 1.93 bits per heavy atom. The molecule has 15 heavy (non-hydrogen) atoms. The van der Waals surface area contributed by atoms with Crippen molar-refractivity contribution in [3.63, 3.8) is 0 Å². The van der Waals surface area contributed by atoms with E-state index in [0.29, 0.717) is 10.8 Å². The number of hydrogen-bond donors (Lipinski definition) is 1. The lowest BCUT2D eigenvalue weighted by Gasteiger charge is -2.40. The second kappa shape index (κ2) is 4.42. The molecule has 2 heteroatoms. The molecule has 1 heterocycles. The van der Waals surface area contributed by atoms with Crippen LogP contribution in [0.2, 0.25) is 0 Å². The Balaban J connectivity index is 1.67. The van der Waals surface area contributed by atoms with Crippen molar-refractivity contribution in [3.05, 3.63) is 0 Å². The van der Waals surface area contributed by atoms with Crippen molar-refractivity contribution in [3.8, 4) is 0 Å². The van der Waals surface area contributed by atoms with Crippen LogP contribution in [-0.2, 0) is 4.74 Å². The highest BCUT2D eigenvalue weighted by Gasteiger charge is 2.33. The van der Waals surface area contributed by atoms with E-state index in [1.54, 1.807) is 0 Å². The monoisotopic (exact) mass is 211 g/mol. The Morgan fingerprint density at radius 1 is 0.933 bits per heavy atom. The van der Waals surface area contributed by atoms with Crippen LogP contribution in [0.5, 0.6) is 0 Å². The SMILES string of the molecule is CC1(CNCC2(C)CCOCC2)CCC1. The van der Waals surface area contributed by atoms with E-state index in [4.69, 9.17) is 4.74 Å². The highest BCUT2D eigenvalue weighted by molar-refractivity contribution is 4.87. The van der Waals surface area contributed by atoms with Gasteiger partial charge in [0.25, 0.3) is 0 Å². The van der Waals surface area contributed by atoms with Crippen LogP contribution in [0.3, 0.4) is 0 Å². The lowest BCUT2D eigenvalue weighted by Crippen LogP contribution is -2.43. The maximum absolute atomic E-state index is 5.42. The summed E-state index contributed by atoms with van der Waals surface area (Å²) in [6.45, 7) is 9.10. The summed E-state index contributed by atoms with van der Waals surface area (Å²) in [5.74, 6) is 0. The summed E-state index contributed by atoms with van der Waals surface area (Å²) < 4.78 is 5.42. The molecule has 0 aromatic carbocycles. The molecule has 1 saturated heterocycles. The molecule has 2 fully saturated rings. The van der Waals surface area contributed by atoms with Crippen molar-refractivity contribution < 1.29 is 4.74 Å². The largest absolute Gasteiger partial charge is 0.381 e. The first kappa shape index (κ1) is 11.4. The van der Waals surface area contributed by atoms with E-state index in [9.17, 15) is 0 Å². The van der Waals surface area contributed by atoms with Crippen molar-refractivity contribution in [2.45, 2.75) is 46.0 Å². The molecule has 1 aliphatic heterocycles. The van der Waals surface area contributed by atoms with Gasteiger partial charge in [-0.25, -0.2) is 0 Å². The topological polar surface area (TPSA) is 21.3 Å². The maximum Gasteiger partial charge on any atom is 0.0471 e. The van der Waals surface area contributed by atoms with Crippen LogP contribution in [-0.4, -0.2) is 26.3 Å². The molecule has 0 amide bonds. The molecule has 0 aromatic heterocycles. The first-order valence-corrected chi connectivity index (χ1v) is 6.41. The Morgan fingerprint density at radius 2 is 1.47 bits per heavy atom. The molecular weight excluding hydrogens is 186 g/mol. The summed E-state index contributed by atoms with van der Waals surface area (Å²) in [6, 6.07) is 0. The Bertz CT molecular complexity index is 205. The number of nitrogens with one attached hydrogen (secondary N) is 1. The standard InChI is InChI=1S/C13H25NO/c1-12(4-3-5-12)10-14-11-13(2)6-8-15-9-7-13/h14H,3-11H2,1-2H3. The van der Waals surface area contributed by atoms with Gasteiger partial charge in [0.05, 0.1) is 0 Å². The third-order valence-corrected chi connectivity index (χ3v) is 4.36. The Kier molecular flexibility index (Phi) is 3.36. The highest BCUT2D eigenvalue weighted by atomic mass is 16.5. The normalized spacial score (nSPS) is 28.4. The van der Waals surface area contributed by atoms with Crippen LogP contribution < -0.4 is 5.32 Å². The number of hydrogen-bond acceptors (Lipinski definition) is 2. The van der Waals surface area contributed by atoms with Crippen LogP contribution in [0, 0.1) is 10.8 Å². The third-order valence-electron chi connectivity index (χ3n) is 4.36. The second-order valence-corrected chi connectivity index (χ2v) is 6.19. The van der Waals surface area contributed by atoms with Crippen molar-refractivity contribution in [2.75, 3.05) is 26.3 Å². The van der Waals surface area contributed by atoms with E-state index in [1.807, 2.05) is 0 Å². The zero-order chi connectivity index (χ0) is 10.8. The predicted octanol–water partition coefficient (Wildman–Crippen LogP) is 2.58. The molecule has 0 radical (unpaired) electrons. The van der Waals surface area contributed by atoms with Crippen molar-refractivity contribution in [1.82, 2.24) is 5.32 Å². The molecule has 2 aliphatic rings. The summed E-state index contributed by atoms with van der Waals surface area (Å²) in [5, 5.41) is 3.68. The molecule has 2 nitrogen and oxygen atoms in total. The van der Waals surface area contributed by atoms with Gasteiger partial charge in [-0.1, -0.05) is 20.3 Å². The van der Waals surface area contributed by atoms with E-state index in [1.165, 1.54) is 45.2 Å². The van der Waals surface area contributed by atoms with Gasteiger partial charge in [0.2, 0.25) is 0 Å². The highest BCUT2D eigenvalue weighted by Crippen LogP contribution is 2.39. The van der Waals surface area contributed by atoms with Gasteiger partial charge >= 0.3 is 0 Å². The van der Waals surface area contributed by atoms with Gasteiger partial charge in [0, 0.05) is 26.3 Å². The van der Waals surface area contributed by atoms with Crippen LogP contribution in [0.15, 0.2) is 0 Å². The zero-order valence-corrected chi connectivity index (χ0v) is 10.3. The minimum absolute atomic E-state index is 0.484.